The molecule has 2 rings (SSSR count). The highest BCUT2D eigenvalue weighted by molar-refractivity contribution is 5.91. The van der Waals surface area contributed by atoms with E-state index in [1.165, 1.54) is 6.07 Å². The lowest BCUT2D eigenvalue weighted by atomic mass is 10.1. The molecule has 0 bridgehead atoms. The highest BCUT2D eigenvalue weighted by Gasteiger charge is 2.33. The van der Waals surface area contributed by atoms with Gasteiger partial charge < -0.3 is 15.8 Å². The minimum atomic E-state index is -4.54. The summed E-state index contributed by atoms with van der Waals surface area (Å²) < 4.78 is 43.4. The van der Waals surface area contributed by atoms with Gasteiger partial charge in [0.15, 0.2) is 0 Å². The number of carbonyl (C=O) groups excluding carboxylic acids is 1. The average Bonchev–Trinajstić information content (AvgIpc) is 2.47. The molecule has 0 radical (unpaired) electrons. The molecule has 5 nitrogen and oxygen atoms in total. The van der Waals surface area contributed by atoms with E-state index < -0.39 is 11.7 Å². The molecule has 0 aromatic heterocycles. The second kappa shape index (κ2) is 6.97. The topological polar surface area (TPSA) is 67.6 Å². The molecule has 1 saturated heterocycles. The highest BCUT2D eigenvalue weighted by atomic mass is 19.4. The normalized spacial score (nSPS) is 16.5. The van der Waals surface area contributed by atoms with Gasteiger partial charge in [-0.25, -0.2) is 0 Å². The lowest BCUT2D eigenvalue weighted by Gasteiger charge is -2.26. The van der Waals surface area contributed by atoms with Gasteiger partial charge in [-0.3, -0.25) is 9.69 Å². The van der Waals surface area contributed by atoms with Crippen LogP contribution in [0, 0.1) is 0 Å². The fourth-order valence-corrected chi connectivity index (χ4v) is 2.19. The summed E-state index contributed by atoms with van der Waals surface area (Å²) >= 11 is 0. The fourth-order valence-electron chi connectivity index (χ4n) is 2.19. The van der Waals surface area contributed by atoms with Crippen LogP contribution >= 0.6 is 0 Å². The predicted octanol–water partition coefficient (Wildman–Crippen LogP) is 1.95. The first kappa shape index (κ1) is 16.6. The van der Waals surface area contributed by atoms with Gasteiger partial charge >= 0.3 is 6.18 Å². The van der Waals surface area contributed by atoms with E-state index in [4.69, 9.17) is 10.5 Å². The van der Waals surface area contributed by atoms with Crippen LogP contribution in [-0.2, 0) is 15.7 Å². The first-order valence-electron chi connectivity index (χ1n) is 6.93. The van der Waals surface area contributed by atoms with Crippen LogP contribution in [-0.4, -0.2) is 43.7 Å². The van der Waals surface area contributed by atoms with Crippen molar-refractivity contribution in [3.05, 3.63) is 23.8 Å². The number of nitrogens with zero attached hydrogens (tertiary/aromatic N) is 1. The number of hydrogen-bond acceptors (Lipinski definition) is 4. The number of anilines is 2. The minimum absolute atomic E-state index is 0.0912. The van der Waals surface area contributed by atoms with E-state index in [0.29, 0.717) is 19.8 Å². The molecule has 1 aromatic carbocycles. The SMILES string of the molecule is Nc1ccc(NC(=O)CCN2CCOCC2)cc1C(F)(F)F. The Morgan fingerprint density at radius 2 is 2.00 bits per heavy atom. The van der Waals surface area contributed by atoms with Gasteiger partial charge in [0.25, 0.3) is 0 Å². The molecule has 122 valence electrons. The molecule has 8 heteroatoms. The number of amides is 1. The molecule has 0 aliphatic carbocycles. The summed E-state index contributed by atoms with van der Waals surface area (Å²) in [5.74, 6) is -0.329. The van der Waals surface area contributed by atoms with Gasteiger partial charge in [-0.05, 0) is 18.2 Å². The molecular weight excluding hydrogens is 299 g/mol. The highest BCUT2D eigenvalue weighted by Crippen LogP contribution is 2.35. The van der Waals surface area contributed by atoms with Gasteiger partial charge in [0.05, 0.1) is 18.8 Å². The van der Waals surface area contributed by atoms with E-state index in [1.54, 1.807) is 0 Å². The Bertz CT molecular complexity index is 529. The van der Waals surface area contributed by atoms with Crippen LogP contribution in [0.1, 0.15) is 12.0 Å². The summed E-state index contributed by atoms with van der Waals surface area (Å²) in [4.78, 5) is 13.9. The number of nitrogens with two attached hydrogens (primary N) is 1. The van der Waals surface area contributed by atoms with Crippen LogP contribution in [0.25, 0.3) is 0 Å². The summed E-state index contributed by atoms with van der Waals surface area (Å²) in [6, 6.07) is 3.35. The minimum Gasteiger partial charge on any atom is -0.398 e. The van der Waals surface area contributed by atoms with E-state index >= 15 is 0 Å². The van der Waals surface area contributed by atoms with Gasteiger partial charge in [-0.2, -0.15) is 13.2 Å². The molecule has 1 aliphatic heterocycles. The smallest absolute Gasteiger partial charge is 0.398 e. The second-order valence-electron chi connectivity index (χ2n) is 5.05. The number of morpholine rings is 1. The van der Waals surface area contributed by atoms with Crippen molar-refractivity contribution in [1.82, 2.24) is 4.90 Å². The van der Waals surface area contributed by atoms with Gasteiger partial charge in [-0.1, -0.05) is 0 Å². The maximum Gasteiger partial charge on any atom is 0.418 e. The van der Waals surface area contributed by atoms with Gasteiger partial charge in [0.1, 0.15) is 0 Å². The van der Waals surface area contributed by atoms with Crippen molar-refractivity contribution in [3.63, 3.8) is 0 Å². The average molecular weight is 317 g/mol. The Balaban J connectivity index is 1.91. The number of hydrogen-bond donors (Lipinski definition) is 2. The van der Waals surface area contributed by atoms with E-state index in [-0.39, 0.29) is 23.7 Å². The second-order valence-corrected chi connectivity index (χ2v) is 5.05. The number of rotatable bonds is 4. The van der Waals surface area contributed by atoms with Crippen LogP contribution < -0.4 is 11.1 Å². The number of halogens is 3. The predicted molar refractivity (Wildman–Crippen MR) is 76.4 cm³/mol. The Labute approximate surface area is 126 Å². The van der Waals surface area contributed by atoms with Crippen molar-refractivity contribution in [1.29, 1.82) is 0 Å². The van der Waals surface area contributed by atoms with E-state index in [1.807, 2.05) is 0 Å². The molecule has 0 saturated carbocycles. The summed E-state index contributed by atoms with van der Waals surface area (Å²) in [6.07, 6.45) is -4.33. The molecule has 1 amide bonds. The fraction of sp³-hybridized carbons (Fsp3) is 0.500. The van der Waals surface area contributed by atoms with Crippen molar-refractivity contribution in [2.45, 2.75) is 12.6 Å². The quantitative estimate of drug-likeness (QED) is 0.833. The molecule has 0 atom stereocenters. The summed E-state index contributed by atoms with van der Waals surface area (Å²) in [7, 11) is 0. The number of nitrogens with one attached hydrogen (secondary N) is 1. The number of ether oxygens (including phenoxy) is 1. The summed E-state index contributed by atoms with van der Waals surface area (Å²) in [5.41, 5.74) is 4.09. The zero-order valence-corrected chi connectivity index (χ0v) is 11.9. The van der Waals surface area contributed by atoms with Crippen molar-refractivity contribution >= 4 is 17.3 Å². The first-order valence-corrected chi connectivity index (χ1v) is 6.93. The third kappa shape index (κ3) is 4.60. The lowest BCUT2D eigenvalue weighted by Crippen LogP contribution is -2.38. The van der Waals surface area contributed by atoms with Crippen LogP contribution in [0.5, 0.6) is 0 Å². The van der Waals surface area contributed by atoms with E-state index in [0.717, 1.165) is 25.2 Å². The van der Waals surface area contributed by atoms with Crippen LogP contribution in [0.15, 0.2) is 18.2 Å². The maximum atomic E-state index is 12.7. The van der Waals surface area contributed by atoms with Crippen LogP contribution in [0.2, 0.25) is 0 Å². The Hall–Kier alpha value is -1.80. The van der Waals surface area contributed by atoms with Crippen LogP contribution in [0.3, 0.4) is 0 Å². The number of benzene rings is 1. The molecule has 1 fully saturated rings. The van der Waals surface area contributed by atoms with Crippen molar-refractivity contribution < 1.29 is 22.7 Å². The molecule has 22 heavy (non-hydrogen) atoms. The number of alkyl halides is 3. The molecule has 1 aliphatic rings. The summed E-state index contributed by atoms with van der Waals surface area (Å²) in [5, 5.41) is 2.47. The third-order valence-corrected chi connectivity index (χ3v) is 3.40. The van der Waals surface area contributed by atoms with E-state index in [2.05, 4.69) is 10.2 Å². The third-order valence-electron chi connectivity index (χ3n) is 3.40. The van der Waals surface area contributed by atoms with Crippen molar-refractivity contribution in [3.8, 4) is 0 Å². The molecule has 3 N–H and O–H groups in total. The largest absolute Gasteiger partial charge is 0.418 e. The molecule has 0 unspecified atom stereocenters. The molecule has 1 heterocycles. The summed E-state index contributed by atoms with van der Waals surface area (Å²) in [6.45, 7) is 3.33. The Morgan fingerprint density at radius 3 is 2.64 bits per heavy atom. The van der Waals surface area contributed by atoms with Crippen molar-refractivity contribution in [2.24, 2.45) is 0 Å². The Kier molecular flexibility index (Phi) is 5.25. The molecular formula is C14H18F3N3O2. The molecule has 0 spiro atoms. The van der Waals surface area contributed by atoms with Gasteiger partial charge in [-0.15, -0.1) is 0 Å². The standard InChI is InChI=1S/C14H18F3N3O2/c15-14(16,17)11-9-10(1-2-12(11)18)19-13(21)3-4-20-5-7-22-8-6-20/h1-2,9H,3-8,18H2,(H,19,21). The number of nitrogen functional groups attached to an aromatic ring is 1. The number of carbonyl (C=O) groups is 1. The zero-order chi connectivity index (χ0) is 16.2. The van der Waals surface area contributed by atoms with Crippen molar-refractivity contribution in [2.75, 3.05) is 43.9 Å². The monoisotopic (exact) mass is 317 g/mol. The zero-order valence-electron chi connectivity index (χ0n) is 11.9. The molecule has 1 aromatic rings. The lowest BCUT2D eigenvalue weighted by molar-refractivity contribution is -0.136. The van der Waals surface area contributed by atoms with E-state index in [9.17, 15) is 18.0 Å². The maximum absolute atomic E-state index is 12.7. The first-order chi connectivity index (χ1) is 10.4. The van der Waals surface area contributed by atoms with Gasteiger partial charge in [0.2, 0.25) is 5.91 Å². The van der Waals surface area contributed by atoms with Gasteiger partial charge in [0, 0.05) is 37.4 Å². The van der Waals surface area contributed by atoms with Crippen LogP contribution in [0.4, 0.5) is 24.5 Å². The Morgan fingerprint density at radius 1 is 1.32 bits per heavy atom.